The Morgan fingerprint density at radius 1 is 1.26 bits per heavy atom. The lowest BCUT2D eigenvalue weighted by Gasteiger charge is -2.26. The Kier molecular flexibility index (Phi) is 5.31. The van der Waals surface area contributed by atoms with Crippen molar-refractivity contribution in [2.75, 3.05) is 27.4 Å². The van der Waals surface area contributed by atoms with Gasteiger partial charge in [-0.05, 0) is 25.5 Å². The van der Waals surface area contributed by atoms with E-state index in [-0.39, 0.29) is 0 Å². The summed E-state index contributed by atoms with van der Waals surface area (Å²) in [7, 11) is 3.48. The number of ether oxygens (including phenoxy) is 2. The van der Waals surface area contributed by atoms with Crippen molar-refractivity contribution >= 4 is 0 Å². The summed E-state index contributed by atoms with van der Waals surface area (Å²) >= 11 is 0. The zero-order valence-corrected chi connectivity index (χ0v) is 13.9. The molecular formula is C18H25N3O2. The van der Waals surface area contributed by atoms with Gasteiger partial charge in [0.1, 0.15) is 11.6 Å². The second-order valence-electron chi connectivity index (χ2n) is 5.90. The fourth-order valence-electron chi connectivity index (χ4n) is 3.38. The van der Waals surface area contributed by atoms with E-state index in [9.17, 15) is 0 Å². The summed E-state index contributed by atoms with van der Waals surface area (Å²) in [4.78, 5) is 7.04. The first kappa shape index (κ1) is 16.0. The van der Waals surface area contributed by atoms with Gasteiger partial charge in [0, 0.05) is 37.7 Å². The predicted octanol–water partition coefficient (Wildman–Crippen LogP) is 2.88. The molecule has 124 valence electrons. The Balaban J connectivity index is 1.76. The molecule has 5 heteroatoms. The molecule has 23 heavy (non-hydrogen) atoms. The van der Waals surface area contributed by atoms with Gasteiger partial charge in [-0.2, -0.15) is 0 Å². The zero-order valence-electron chi connectivity index (χ0n) is 13.9. The van der Waals surface area contributed by atoms with Gasteiger partial charge >= 0.3 is 0 Å². The summed E-state index contributed by atoms with van der Waals surface area (Å²) in [5.74, 6) is 2.08. The van der Waals surface area contributed by atoms with E-state index in [0.717, 1.165) is 31.2 Å². The van der Waals surface area contributed by atoms with Gasteiger partial charge in [-0.3, -0.25) is 4.90 Å². The molecule has 0 spiro atoms. The monoisotopic (exact) mass is 315 g/mol. The van der Waals surface area contributed by atoms with Crippen molar-refractivity contribution in [2.24, 2.45) is 0 Å². The molecular weight excluding hydrogens is 290 g/mol. The number of rotatable bonds is 7. The summed E-state index contributed by atoms with van der Waals surface area (Å²) in [6.07, 6.45) is 6.28. The minimum Gasteiger partial charge on any atom is -0.496 e. The fourth-order valence-corrected chi connectivity index (χ4v) is 3.38. The lowest BCUT2D eigenvalue weighted by molar-refractivity contribution is 0.182. The van der Waals surface area contributed by atoms with E-state index in [1.54, 1.807) is 14.2 Å². The average molecular weight is 315 g/mol. The summed E-state index contributed by atoms with van der Waals surface area (Å²) in [6, 6.07) is 8.75. The Morgan fingerprint density at radius 2 is 2.13 bits per heavy atom. The smallest absolute Gasteiger partial charge is 0.123 e. The predicted molar refractivity (Wildman–Crippen MR) is 89.5 cm³/mol. The van der Waals surface area contributed by atoms with Gasteiger partial charge in [0.25, 0.3) is 0 Å². The molecule has 1 atom stereocenters. The fraction of sp³-hybridized carbons (Fsp3) is 0.500. The molecule has 0 amide bonds. The van der Waals surface area contributed by atoms with E-state index in [2.05, 4.69) is 26.6 Å². The molecule has 1 aliphatic rings. The highest BCUT2D eigenvalue weighted by atomic mass is 16.5. The van der Waals surface area contributed by atoms with E-state index in [4.69, 9.17) is 9.47 Å². The van der Waals surface area contributed by atoms with Crippen LogP contribution in [0, 0.1) is 0 Å². The molecule has 1 unspecified atom stereocenters. The number of hydrogen-bond donors (Lipinski definition) is 0. The summed E-state index contributed by atoms with van der Waals surface area (Å²) in [5.41, 5.74) is 1.28. The number of imidazole rings is 1. The van der Waals surface area contributed by atoms with E-state index in [1.807, 2.05) is 24.5 Å². The van der Waals surface area contributed by atoms with Crippen LogP contribution in [0.3, 0.4) is 0 Å². The van der Waals surface area contributed by atoms with Crippen molar-refractivity contribution in [3.05, 3.63) is 48.0 Å². The van der Waals surface area contributed by atoms with Crippen LogP contribution in [0.2, 0.25) is 0 Å². The molecule has 1 aliphatic heterocycles. The van der Waals surface area contributed by atoms with Gasteiger partial charge in [0.2, 0.25) is 0 Å². The van der Waals surface area contributed by atoms with Crippen molar-refractivity contribution in [1.82, 2.24) is 14.5 Å². The SMILES string of the molecule is COCCn1ccnc1CN1CCCC1c1ccccc1OC. The maximum atomic E-state index is 5.55. The highest BCUT2D eigenvalue weighted by Crippen LogP contribution is 2.37. The molecule has 3 rings (SSSR count). The Morgan fingerprint density at radius 3 is 2.96 bits per heavy atom. The highest BCUT2D eigenvalue weighted by molar-refractivity contribution is 5.36. The van der Waals surface area contributed by atoms with Crippen molar-refractivity contribution < 1.29 is 9.47 Å². The standard InChI is InChI=1S/C18H25N3O2/c1-22-13-12-20-11-9-19-18(20)14-21-10-5-7-16(21)15-6-3-4-8-17(15)23-2/h3-4,6,8-9,11,16H,5,7,10,12-14H2,1-2H3. The first-order chi connectivity index (χ1) is 11.3. The minimum absolute atomic E-state index is 0.402. The van der Waals surface area contributed by atoms with Gasteiger partial charge in [0.05, 0.1) is 20.3 Å². The van der Waals surface area contributed by atoms with Gasteiger partial charge in [-0.25, -0.2) is 4.98 Å². The van der Waals surface area contributed by atoms with Gasteiger partial charge < -0.3 is 14.0 Å². The second-order valence-corrected chi connectivity index (χ2v) is 5.90. The summed E-state index contributed by atoms with van der Waals surface area (Å²) in [5, 5.41) is 0. The number of para-hydroxylation sites is 1. The van der Waals surface area contributed by atoms with E-state index < -0.39 is 0 Å². The molecule has 0 saturated carbocycles. The Bertz CT molecular complexity index is 626. The van der Waals surface area contributed by atoms with E-state index >= 15 is 0 Å². The Labute approximate surface area is 137 Å². The third-order valence-electron chi connectivity index (χ3n) is 4.54. The van der Waals surface area contributed by atoms with Crippen LogP contribution < -0.4 is 4.74 Å². The number of methoxy groups -OCH3 is 2. The molecule has 0 aliphatic carbocycles. The summed E-state index contributed by atoms with van der Waals surface area (Å²) in [6.45, 7) is 3.51. The lowest BCUT2D eigenvalue weighted by Crippen LogP contribution is -2.25. The van der Waals surface area contributed by atoms with Crippen molar-refractivity contribution in [2.45, 2.75) is 32.0 Å². The third-order valence-corrected chi connectivity index (χ3v) is 4.54. The maximum absolute atomic E-state index is 5.55. The maximum Gasteiger partial charge on any atom is 0.123 e. The van der Waals surface area contributed by atoms with Crippen LogP contribution in [-0.2, 0) is 17.8 Å². The molecule has 2 heterocycles. The average Bonchev–Trinajstić information content (AvgIpc) is 3.22. The molecule has 1 aromatic heterocycles. The quantitative estimate of drug-likeness (QED) is 0.787. The largest absolute Gasteiger partial charge is 0.496 e. The van der Waals surface area contributed by atoms with Crippen LogP contribution in [-0.4, -0.2) is 41.8 Å². The van der Waals surface area contributed by atoms with Gasteiger partial charge in [-0.1, -0.05) is 18.2 Å². The van der Waals surface area contributed by atoms with Crippen molar-refractivity contribution in [3.8, 4) is 5.75 Å². The highest BCUT2D eigenvalue weighted by Gasteiger charge is 2.28. The third kappa shape index (κ3) is 3.57. The molecule has 0 bridgehead atoms. The summed E-state index contributed by atoms with van der Waals surface area (Å²) < 4.78 is 12.9. The van der Waals surface area contributed by atoms with Gasteiger partial charge in [-0.15, -0.1) is 0 Å². The molecule has 0 N–H and O–H groups in total. The van der Waals surface area contributed by atoms with Crippen LogP contribution in [0.4, 0.5) is 0 Å². The molecule has 5 nitrogen and oxygen atoms in total. The van der Waals surface area contributed by atoms with Crippen LogP contribution >= 0.6 is 0 Å². The van der Waals surface area contributed by atoms with Gasteiger partial charge in [0.15, 0.2) is 0 Å². The second kappa shape index (κ2) is 7.62. The van der Waals surface area contributed by atoms with Crippen LogP contribution in [0.15, 0.2) is 36.7 Å². The molecule has 2 aromatic rings. The molecule has 1 aromatic carbocycles. The molecule has 1 saturated heterocycles. The topological polar surface area (TPSA) is 39.5 Å². The number of benzene rings is 1. The van der Waals surface area contributed by atoms with Crippen molar-refractivity contribution in [1.29, 1.82) is 0 Å². The lowest BCUT2D eigenvalue weighted by atomic mass is 10.0. The number of aromatic nitrogens is 2. The molecule has 0 radical (unpaired) electrons. The Hall–Kier alpha value is -1.85. The number of nitrogens with zero attached hydrogens (tertiary/aromatic N) is 3. The van der Waals surface area contributed by atoms with Crippen LogP contribution in [0.5, 0.6) is 5.75 Å². The zero-order chi connectivity index (χ0) is 16.1. The number of hydrogen-bond acceptors (Lipinski definition) is 4. The van der Waals surface area contributed by atoms with Crippen LogP contribution in [0.25, 0.3) is 0 Å². The van der Waals surface area contributed by atoms with Crippen molar-refractivity contribution in [3.63, 3.8) is 0 Å². The minimum atomic E-state index is 0.402. The normalized spacial score (nSPS) is 18.4. The number of likely N-dealkylation sites (tertiary alicyclic amines) is 1. The first-order valence-electron chi connectivity index (χ1n) is 8.19. The van der Waals surface area contributed by atoms with Crippen LogP contribution in [0.1, 0.15) is 30.3 Å². The van der Waals surface area contributed by atoms with E-state index in [1.165, 1.54) is 18.4 Å². The van der Waals surface area contributed by atoms with E-state index in [0.29, 0.717) is 12.6 Å². The molecule has 1 fully saturated rings. The first-order valence-corrected chi connectivity index (χ1v) is 8.19.